The van der Waals surface area contributed by atoms with Crippen molar-refractivity contribution in [2.24, 2.45) is 10.8 Å². The van der Waals surface area contributed by atoms with E-state index in [9.17, 15) is 14.9 Å². The van der Waals surface area contributed by atoms with Crippen molar-refractivity contribution >= 4 is 11.5 Å². The zero-order valence-electron chi connectivity index (χ0n) is 15.7. The van der Waals surface area contributed by atoms with Crippen LogP contribution < -0.4 is 9.80 Å². The molecule has 6 nitrogen and oxygen atoms in total. The number of hydrogen-bond acceptors (Lipinski definition) is 3. The fraction of sp³-hybridized carbons (Fsp3) is 0.650. The van der Waals surface area contributed by atoms with E-state index in [0.717, 1.165) is 51.9 Å². The second-order valence-corrected chi connectivity index (χ2v) is 8.70. The van der Waals surface area contributed by atoms with Crippen molar-refractivity contribution in [3.8, 4) is 0 Å². The fourth-order valence-corrected chi connectivity index (χ4v) is 6.37. The zero-order chi connectivity index (χ0) is 18.5. The normalized spacial score (nSPS) is 37.9. The number of nitro groups is 1. The summed E-state index contributed by atoms with van der Waals surface area (Å²) in [6.07, 6.45) is 4.40. The highest BCUT2D eigenvalue weighted by atomic mass is 16.6. The molecule has 0 unspecified atom stereocenters. The van der Waals surface area contributed by atoms with Crippen molar-refractivity contribution in [1.82, 2.24) is 0 Å². The predicted octanol–water partition coefficient (Wildman–Crippen LogP) is 0.546. The summed E-state index contributed by atoms with van der Waals surface area (Å²) in [4.78, 5) is 27.1. The first-order valence-electron chi connectivity index (χ1n) is 9.93. The molecule has 0 aromatic heterocycles. The quantitative estimate of drug-likeness (QED) is 0.576. The molecular formula is C20H29N3O3+2. The van der Waals surface area contributed by atoms with Gasteiger partial charge < -0.3 is 0 Å². The van der Waals surface area contributed by atoms with Crippen LogP contribution in [0, 0.1) is 20.9 Å². The molecule has 0 amide bonds. The molecule has 0 atom stereocenters. The number of piperidine rings is 2. The Balaban J connectivity index is 1.69. The van der Waals surface area contributed by atoms with Gasteiger partial charge in [0.25, 0.3) is 5.69 Å². The molecule has 4 bridgehead atoms. The third-order valence-electron chi connectivity index (χ3n) is 6.94. The van der Waals surface area contributed by atoms with Gasteiger partial charge in [0.05, 0.1) is 10.5 Å². The van der Waals surface area contributed by atoms with Gasteiger partial charge in [-0.15, -0.1) is 0 Å². The molecule has 1 aromatic rings. The number of quaternary nitrogens is 2. The Labute approximate surface area is 154 Å². The van der Waals surface area contributed by atoms with Gasteiger partial charge in [-0.05, 0) is 25.0 Å². The lowest BCUT2D eigenvalue weighted by Crippen LogP contribution is -3.41. The Morgan fingerprint density at radius 1 is 1.00 bits per heavy atom. The fourth-order valence-electron chi connectivity index (χ4n) is 6.37. The number of rotatable bonds is 6. The van der Waals surface area contributed by atoms with Gasteiger partial charge in [-0.1, -0.05) is 26.7 Å². The number of ketones is 1. The third-order valence-corrected chi connectivity index (χ3v) is 6.94. The number of carbonyl (C=O) groups is 1. The molecular weight excluding hydrogens is 330 g/mol. The van der Waals surface area contributed by atoms with Crippen molar-refractivity contribution in [3.63, 3.8) is 0 Å². The lowest BCUT2D eigenvalue weighted by atomic mass is 9.57. The molecule has 0 saturated carbocycles. The minimum absolute atomic E-state index is 0.146. The summed E-state index contributed by atoms with van der Waals surface area (Å²) >= 11 is 0. The Bertz CT molecular complexity index is 686. The van der Waals surface area contributed by atoms with E-state index in [0.29, 0.717) is 11.9 Å². The summed E-state index contributed by atoms with van der Waals surface area (Å²) in [6, 6.07) is 7.09. The van der Waals surface area contributed by atoms with Gasteiger partial charge in [0.1, 0.15) is 37.0 Å². The SMILES string of the molecule is CCCC12C[NH+]3CC(CCC)(C[NH+](C1)C3c1ccc([N+](=O)[O-])cc1)C2=O. The summed E-state index contributed by atoms with van der Waals surface area (Å²) in [6.45, 7) is 8.07. The molecule has 4 heterocycles. The summed E-state index contributed by atoms with van der Waals surface area (Å²) in [5.74, 6) is 0.545. The number of carbonyl (C=O) groups excluding carboxylic acids is 1. The molecule has 26 heavy (non-hydrogen) atoms. The van der Waals surface area contributed by atoms with Crippen LogP contribution in [0.2, 0.25) is 0 Å². The van der Waals surface area contributed by atoms with Crippen LogP contribution in [0.3, 0.4) is 0 Å². The molecule has 4 fully saturated rings. The molecule has 4 aliphatic rings. The molecule has 0 aliphatic carbocycles. The lowest BCUT2D eigenvalue weighted by molar-refractivity contribution is -1.18. The van der Waals surface area contributed by atoms with E-state index in [1.165, 1.54) is 15.4 Å². The van der Waals surface area contributed by atoms with Crippen LogP contribution in [0.25, 0.3) is 0 Å². The molecule has 140 valence electrons. The smallest absolute Gasteiger partial charge is 0.269 e. The molecule has 4 aliphatic heterocycles. The molecule has 0 radical (unpaired) electrons. The number of nitrogens with zero attached hydrogens (tertiary/aromatic N) is 1. The van der Waals surface area contributed by atoms with Crippen molar-refractivity contribution in [2.45, 2.75) is 45.7 Å². The molecule has 2 N–H and O–H groups in total. The summed E-state index contributed by atoms with van der Waals surface area (Å²) < 4.78 is 0. The van der Waals surface area contributed by atoms with Crippen LogP contribution >= 0.6 is 0 Å². The number of benzene rings is 1. The van der Waals surface area contributed by atoms with Gasteiger partial charge in [-0.2, -0.15) is 0 Å². The number of Topliss-reactive ketones (excluding diaryl/α,β-unsaturated/α-hetero) is 1. The minimum atomic E-state index is -0.341. The highest BCUT2D eigenvalue weighted by Gasteiger charge is 2.70. The topological polar surface area (TPSA) is 69.1 Å². The van der Waals surface area contributed by atoms with Gasteiger partial charge in [-0.25, -0.2) is 0 Å². The van der Waals surface area contributed by atoms with Gasteiger partial charge in [-0.3, -0.25) is 24.7 Å². The Morgan fingerprint density at radius 3 is 1.85 bits per heavy atom. The van der Waals surface area contributed by atoms with Crippen LogP contribution in [-0.4, -0.2) is 36.9 Å². The van der Waals surface area contributed by atoms with Crippen molar-refractivity contribution < 1.29 is 19.5 Å². The molecule has 0 spiro atoms. The average molecular weight is 359 g/mol. The average Bonchev–Trinajstić information content (AvgIpc) is 2.59. The van der Waals surface area contributed by atoms with Gasteiger partial charge in [0.2, 0.25) is 6.17 Å². The number of hydrogen-bond donors (Lipinski definition) is 2. The van der Waals surface area contributed by atoms with Crippen LogP contribution in [-0.2, 0) is 4.79 Å². The third kappa shape index (κ3) is 2.42. The maximum atomic E-state index is 13.5. The lowest BCUT2D eigenvalue weighted by Gasteiger charge is -2.60. The second kappa shape index (κ2) is 6.13. The van der Waals surface area contributed by atoms with Crippen LogP contribution in [0.4, 0.5) is 5.69 Å². The minimum Gasteiger partial charge on any atom is -0.297 e. The first-order chi connectivity index (χ1) is 12.4. The Kier molecular flexibility index (Phi) is 4.15. The molecule has 4 saturated heterocycles. The van der Waals surface area contributed by atoms with Crippen molar-refractivity contribution in [1.29, 1.82) is 0 Å². The van der Waals surface area contributed by atoms with Crippen LogP contribution in [0.1, 0.15) is 51.3 Å². The first kappa shape index (κ1) is 17.6. The van der Waals surface area contributed by atoms with Crippen LogP contribution in [0.15, 0.2) is 24.3 Å². The second-order valence-electron chi connectivity index (χ2n) is 8.70. The first-order valence-corrected chi connectivity index (χ1v) is 9.93. The largest absolute Gasteiger partial charge is 0.297 e. The maximum Gasteiger partial charge on any atom is 0.269 e. The number of nitrogens with one attached hydrogen (secondary N) is 2. The van der Waals surface area contributed by atoms with Gasteiger partial charge in [0.15, 0.2) is 5.78 Å². The van der Waals surface area contributed by atoms with Gasteiger partial charge >= 0.3 is 0 Å². The van der Waals surface area contributed by atoms with E-state index in [-0.39, 0.29) is 21.4 Å². The van der Waals surface area contributed by atoms with Crippen LogP contribution in [0.5, 0.6) is 0 Å². The summed E-state index contributed by atoms with van der Waals surface area (Å²) in [7, 11) is 0. The van der Waals surface area contributed by atoms with E-state index in [4.69, 9.17) is 0 Å². The highest BCUT2D eigenvalue weighted by molar-refractivity contribution is 5.92. The Morgan fingerprint density at radius 2 is 1.46 bits per heavy atom. The molecule has 1 aromatic carbocycles. The standard InChI is InChI=1S/C20H27N3O3/c1-3-9-19-11-21-13-20(10-4-2,18(19)24)14-22(12-19)17(21)15-5-7-16(8-6-15)23(25)26/h5-8,17H,3-4,9-14H2,1-2H3/p+2. The highest BCUT2D eigenvalue weighted by Crippen LogP contribution is 2.42. The summed E-state index contributed by atoms with van der Waals surface area (Å²) in [5, 5.41) is 11.0. The maximum absolute atomic E-state index is 13.5. The van der Waals surface area contributed by atoms with E-state index in [1.54, 1.807) is 12.1 Å². The van der Waals surface area contributed by atoms with E-state index in [2.05, 4.69) is 13.8 Å². The zero-order valence-corrected chi connectivity index (χ0v) is 15.7. The van der Waals surface area contributed by atoms with Crippen molar-refractivity contribution in [3.05, 3.63) is 39.9 Å². The Hall–Kier alpha value is -1.79. The monoisotopic (exact) mass is 359 g/mol. The summed E-state index contributed by atoms with van der Waals surface area (Å²) in [5.41, 5.74) is 1.02. The number of nitro benzene ring substituents is 1. The predicted molar refractivity (Wildman–Crippen MR) is 96.9 cm³/mol. The molecule has 5 rings (SSSR count). The van der Waals surface area contributed by atoms with Crippen molar-refractivity contribution in [2.75, 3.05) is 26.2 Å². The van der Waals surface area contributed by atoms with Gasteiger partial charge in [0, 0.05) is 12.1 Å². The van der Waals surface area contributed by atoms with E-state index < -0.39 is 0 Å². The van der Waals surface area contributed by atoms with E-state index >= 15 is 0 Å². The van der Waals surface area contributed by atoms with E-state index in [1.807, 2.05) is 12.1 Å². The number of non-ortho nitro benzene ring substituents is 1. The molecule has 6 heteroatoms.